The monoisotopic (exact) mass is 261 g/mol. The predicted molar refractivity (Wildman–Crippen MR) is 60.3 cm³/mol. The summed E-state index contributed by atoms with van der Waals surface area (Å²) in [6, 6.07) is 3.89. The van der Waals surface area contributed by atoms with Gasteiger partial charge in [-0.3, -0.25) is 9.69 Å². The largest absolute Gasteiger partial charge is 0.480 e. The van der Waals surface area contributed by atoms with Crippen LogP contribution in [0, 0.1) is 0 Å². The Bertz CT molecular complexity index is 430. The van der Waals surface area contributed by atoms with Crippen LogP contribution in [0.5, 0.6) is 0 Å². The van der Waals surface area contributed by atoms with Gasteiger partial charge in [0, 0.05) is 0 Å². The highest BCUT2D eigenvalue weighted by molar-refractivity contribution is 5.73. The summed E-state index contributed by atoms with van der Waals surface area (Å²) in [5.74, 6) is -1.06. The molecule has 1 N–H and O–H groups in total. The lowest BCUT2D eigenvalue weighted by Crippen LogP contribution is -2.37. The molecule has 1 rings (SSSR count). The maximum absolute atomic E-state index is 12.5. The van der Waals surface area contributed by atoms with E-state index < -0.39 is 23.8 Å². The van der Waals surface area contributed by atoms with Gasteiger partial charge >= 0.3 is 12.1 Å². The average Bonchev–Trinajstić information content (AvgIpc) is 2.24. The molecule has 0 bridgehead atoms. The summed E-state index contributed by atoms with van der Waals surface area (Å²) in [5.41, 5.74) is -0.409. The molecule has 0 aliphatic rings. The maximum Gasteiger partial charge on any atom is 0.416 e. The van der Waals surface area contributed by atoms with E-state index in [-0.39, 0.29) is 6.42 Å². The normalized spacial score (nSPS) is 13.7. The van der Waals surface area contributed by atoms with Crippen LogP contribution < -0.4 is 0 Å². The fraction of sp³-hybridized carbons (Fsp3) is 0.417. The van der Waals surface area contributed by atoms with Crippen molar-refractivity contribution < 1.29 is 23.1 Å². The number of halogens is 3. The standard InChI is InChI=1S/C12H14F3NO2/c1-16(2)10(11(17)18)7-8-4-3-5-9(6-8)12(13,14)15/h3-6,10H,7H2,1-2H3,(H,17,18). The molecule has 0 aromatic heterocycles. The smallest absolute Gasteiger partial charge is 0.416 e. The van der Waals surface area contributed by atoms with Crippen LogP contribution in [0.15, 0.2) is 24.3 Å². The van der Waals surface area contributed by atoms with Crippen molar-refractivity contribution in [1.29, 1.82) is 0 Å². The highest BCUT2D eigenvalue weighted by atomic mass is 19.4. The van der Waals surface area contributed by atoms with Gasteiger partial charge in [-0.1, -0.05) is 18.2 Å². The number of alkyl halides is 3. The molecule has 0 aliphatic heterocycles. The van der Waals surface area contributed by atoms with Crippen LogP contribution in [0.1, 0.15) is 11.1 Å². The summed E-state index contributed by atoms with van der Waals surface area (Å²) < 4.78 is 37.5. The fourth-order valence-corrected chi connectivity index (χ4v) is 1.59. The van der Waals surface area contributed by atoms with Gasteiger partial charge in [-0.2, -0.15) is 13.2 Å². The molecule has 6 heteroatoms. The minimum Gasteiger partial charge on any atom is -0.480 e. The number of carboxylic acid groups (broad SMARTS) is 1. The van der Waals surface area contributed by atoms with Gasteiger partial charge in [0.1, 0.15) is 6.04 Å². The molecule has 0 fully saturated rings. The van der Waals surface area contributed by atoms with Crippen LogP contribution in [0.25, 0.3) is 0 Å². The van der Waals surface area contributed by atoms with Crippen LogP contribution in [-0.2, 0) is 17.4 Å². The quantitative estimate of drug-likeness (QED) is 0.903. The van der Waals surface area contributed by atoms with Gasteiger partial charge in [-0.05, 0) is 32.1 Å². The van der Waals surface area contributed by atoms with Crippen LogP contribution in [0.3, 0.4) is 0 Å². The van der Waals surface area contributed by atoms with Gasteiger partial charge < -0.3 is 5.11 Å². The van der Waals surface area contributed by atoms with E-state index in [4.69, 9.17) is 5.11 Å². The summed E-state index contributed by atoms with van der Waals surface area (Å²) in [6.45, 7) is 0. The summed E-state index contributed by atoms with van der Waals surface area (Å²) in [5, 5.41) is 8.97. The molecule has 0 saturated heterocycles. The number of carbonyl (C=O) groups is 1. The number of nitrogens with zero attached hydrogens (tertiary/aromatic N) is 1. The zero-order valence-electron chi connectivity index (χ0n) is 10.0. The van der Waals surface area contributed by atoms with Crippen LogP contribution >= 0.6 is 0 Å². The minimum absolute atomic E-state index is 0.0340. The lowest BCUT2D eigenvalue weighted by molar-refractivity contribution is -0.142. The SMILES string of the molecule is CN(C)C(Cc1cccc(C(F)(F)F)c1)C(=O)O. The zero-order chi connectivity index (χ0) is 13.9. The van der Waals surface area contributed by atoms with E-state index in [1.807, 2.05) is 0 Å². The molecule has 3 nitrogen and oxygen atoms in total. The van der Waals surface area contributed by atoms with Gasteiger partial charge in [0.25, 0.3) is 0 Å². The van der Waals surface area contributed by atoms with Crippen molar-refractivity contribution in [2.45, 2.75) is 18.6 Å². The Morgan fingerprint density at radius 1 is 1.39 bits per heavy atom. The maximum atomic E-state index is 12.5. The van der Waals surface area contributed by atoms with Crippen LogP contribution in [-0.4, -0.2) is 36.1 Å². The van der Waals surface area contributed by atoms with Gasteiger partial charge in [-0.25, -0.2) is 0 Å². The third kappa shape index (κ3) is 3.73. The van der Waals surface area contributed by atoms with Crippen molar-refractivity contribution in [3.8, 4) is 0 Å². The van der Waals surface area contributed by atoms with E-state index in [0.717, 1.165) is 12.1 Å². The molecule has 100 valence electrons. The highest BCUT2D eigenvalue weighted by Crippen LogP contribution is 2.29. The van der Waals surface area contributed by atoms with E-state index in [1.165, 1.54) is 17.0 Å². The Morgan fingerprint density at radius 2 is 2.00 bits per heavy atom. The topological polar surface area (TPSA) is 40.5 Å². The second kappa shape index (κ2) is 5.39. The number of likely N-dealkylation sites (N-methyl/N-ethyl adjacent to an activating group) is 1. The van der Waals surface area contributed by atoms with E-state index in [2.05, 4.69) is 0 Å². The van der Waals surface area contributed by atoms with E-state index in [0.29, 0.717) is 5.56 Å². The number of hydrogen-bond acceptors (Lipinski definition) is 2. The highest BCUT2D eigenvalue weighted by Gasteiger charge is 2.30. The first-order valence-corrected chi connectivity index (χ1v) is 5.27. The molecule has 0 amide bonds. The number of benzene rings is 1. The fourth-order valence-electron chi connectivity index (χ4n) is 1.59. The number of rotatable bonds is 4. The number of aliphatic carboxylic acids is 1. The van der Waals surface area contributed by atoms with Crippen LogP contribution in [0.2, 0.25) is 0 Å². The van der Waals surface area contributed by atoms with Crippen molar-refractivity contribution in [2.24, 2.45) is 0 Å². The molecule has 0 saturated carbocycles. The van der Waals surface area contributed by atoms with Gasteiger partial charge in [-0.15, -0.1) is 0 Å². The molecule has 1 unspecified atom stereocenters. The molecular formula is C12H14F3NO2. The van der Waals surface area contributed by atoms with Gasteiger partial charge in [0.05, 0.1) is 5.56 Å². The molecule has 0 spiro atoms. The molecule has 1 aromatic rings. The molecular weight excluding hydrogens is 247 g/mol. The van der Waals surface area contributed by atoms with Gasteiger partial charge in [0.15, 0.2) is 0 Å². The summed E-state index contributed by atoms with van der Waals surface area (Å²) in [6.07, 6.45) is -4.38. The van der Waals surface area contributed by atoms with Crippen LogP contribution in [0.4, 0.5) is 13.2 Å². The van der Waals surface area contributed by atoms with E-state index in [1.54, 1.807) is 14.1 Å². The van der Waals surface area contributed by atoms with Crippen molar-refractivity contribution in [2.75, 3.05) is 14.1 Å². The Hall–Kier alpha value is -1.56. The Labute approximate surface area is 103 Å². The Kier molecular flexibility index (Phi) is 4.34. The number of hydrogen-bond donors (Lipinski definition) is 1. The first kappa shape index (κ1) is 14.5. The van der Waals surface area contributed by atoms with E-state index >= 15 is 0 Å². The first-order chi connectivity index (χ1) is 8.21. The lowest BCUT2D eigenvalue weighted by Gasteiger charge is -2.20. The molecule has 1 aromatic carbocycles. The van der Waals surface area contributed by atoms with E-state index in [9.17, 15) is 18.0 Å². The third-order valence-corrected chi connectivity index (χ3v) is 2.59. The zero-order valence-corrected chi connectivity index (χ0v) is 10.0. The average molecular weight is 261 g/mol. The van der Waals surface area contributed by atoms with Crippen molar-refractivity contribution in [3.05, 3.63) is 35.4 Å². The predicted octanol–water partition coefficient (Wildman–Crippen LogP) is 2.26. The molecule has 18 heavy (non-hydrogen) atoms. The summed E-state index contributed by atoms with van der Waals surface area (Å²) >= 11 is 0. The first-order valence-electron chi connectivity index (χ1n) is 5.27. The van der Waals surface area contributed by atoms with Gasteiger partial charge in [0.2, 0.25) is 0 Å². The molecule has 1 atom stereocenters. The second-order valence-corrected chi connectivity index (χ2v) is 4.22. The van der Waals surface area contributed by atoms with Crippen molar-refractivity contribution in [1.82, 2.24) is 4.90 Å². The molecule has 0 heterocycles. The third-order valence-electron chi connectivity index (χ3n) is 2.59. The molecule has 0 aliphatic carbocycles. The van der Waals surface area contributed by atoms with Crippen molar-refractivity contribution in [3.63, 3.8) is 0 Å². The Morgan fingerprint density at radius 3 is 2.44 bits per heavy atom. The minimum atomic E-state index is -4.41. The second-order valence-electron chi connectivity index (χ2n) is 4.22. The van der Waals surface area contributed by atoms with Crippen molar-refractivity contribution >= 4 is 5.97 Å². The summed E-state index contributed by atoms with van der Waals surface area (Å²) in [4.78, 5) is 12.4. The number of carboxylic acids is 1. The summed E-state index contributed by atoms with van der Waals surface area (Å²) in [7, 11) is 3.15. The lowest BCUT2D eigenvalue weighted by atomic mass is 10.0. The molecule has 0 radical (unpaired) electrons. The Balaban J connectivity index is 2.94.